The fourth-order valence-corrected chi connectivity index (χ4v) is 2.95. The van der Waals surface area contributed by atoms with E-state index in [2.05, 4.69) is 6.92 Å². The molecule has 1 aliphatic rings. The first-order chi connectivity index (χ1) is 12.2. The zero-order valence-electron chi connectivity index (χ0n) is 14.5. The third-order valence-electron chi connectivity index (χ3n) is 4.36. The number of Topliss-reactive ketones (excluding diaryl/α,β-unsaturated/α-hetero) is 2. The van der Waals surface area contributed by atoms with Crippen molar-refractivity contribution in [2.75, 3.05) is 6.61 Å². The van der Waals surface area contributed by atoms with Crippen LogP contribution in [0.25, 0.3) is 6.08 Å². The summed E-state index contributed by atoms with van der Waals surface area (Å²) in [5.74, 6) is 0.416. The van der Waals surface area contributed by atoms with Crippen LogP contribution in [0.4, 0.5) is 0 Å². The molecule has 0 aliphatic heterocycles. The van der Waals surface area contributed by atoms with Gasteiger partial charge in [0, 0.05) is 11.1 Å². The molecule has 0 aromatic heterocycles. The number of benzene rings is 2. The van der Waals surface area contributed by atoms with Gasteiger partial charge in [0.1, 0.15) is 5.75 Å². The van der Waals surface area contributed by atoms with Gasteiger partial charge in [0.05, 0.1) is 12.2 Å². The Kier molecular flexibility index (Phi) is 5.44. The molecule has 2 aromatic rings. The Morgan fingerprint density at radius 2 is 1.48 bits per heavy atom. The minimum Gasteiger partial charge on any atom is -0.494 e. The number of ether oxygens (including phenoxy) is 1. The van der Waals surface area contributed by atoms with Crippen LogP contribution < -0.4 is 4.74 Å². The topological polar surface area (TPSA) is 43.4 Å². The van der Waals surface area contributed by atoms with Gasteiger partial charge in [-0.1, -0.05) is 62.6 Å². The average molecular weight is 334 g/mol. The van der Waals surface area contributed by atoms with Crippen LogP contribution in [0.2, 0.25) is 0 Å². The first kappa shape index (κ1) is 17.2. The first-order valence-corrected chi connectivity index (χ1v) is 8.83. The monoisotopic (exact) mass is 334 g/mol. The molecule has 0 N–H and O–H groups in total. The molecule has 0 atom stereocenters. The summed E-state index contributed by atoms with van der Waals surface area (Å²) in [5, 5.41) is 0. The minimum atomic E-state index is -0.197. The molecule has 2 aromatic carbocycles. The molecule has 128 valence electrons. The summed E-state index contributed by atoms with van der Waals surface area (Å²) >= 11 is 0. The van der Waals surface area contributed by atoms with E-state index in [1.807, 2.05) is 24.3 Å². The Labute approximate surface area is 148 Å². The van der Waals surface area contributed by atoms with Crippen molar-refractivity contribution in [2.24, 2.45) is 0 Å². The maximum atomic E-state index is 12.4. The zero-order chi connectivity index (χ0) is 17.6. The smallest absolute Gasteiger partial charge is 0.197 e. The third kappa shape index (κ3) is 3.87. The summed E-state index contributed by atoms with van der Waals surface area (Å²) in [6.07, 6.45) is 6.35. The van der Waals surface area contributed by atoms with Crippen molar-refractivity contribution in [3.63, 3.8) is 0 Å². The Bertz CT molecular complexity index is 763. The SMILES string of the molecule is CCCCCCOc1ccc(C=C2C(=O)c3ccccc3C2=O)cc1. The van der Waals surface area contributed by atoms with Gasteiger partial charge in [0.15, 0.2) is 11.6 Å². The molecule has 3 rings (SSSR count). The standard InChI is InChI=1S/C22H22O3/c1-2-3-4-7-14-25-17-12-10-16(11-13-17)15-20-21(23)18-8-5-6-9-19(18)22(20)24/h5-6,8-13,15H,2-4,7,14H2,1H3. The van der Waals surface area contributed by atoms with E-state index in [-0.39, 0.29) is 17.1 Å². The third-order valence-corrected chi connectivity index (χ3v) is 4.36. The summed E-state index contributed by atoms with van der Waals surface area (Å²) in [6.45, 7) is 2.90. The molecule has 0 fully saturated rings. The predicted molar refractivity (Wildman–Crippen MR) is 99.2 cm³/mol. The molecule has 3 heteroatoms. The molecule has 0 saturated heterocycles. The highest BCUT2D eigenvalue weighted by Gasteiger charge is 2.32. The summed E-state index contributed by atoms with van der Waals surface area (Å²) in [7, 11) is 0. The molecule has 0 heterocycles. The summed E-state index contributed by atoms with van der Waals surface area (Å²) in [4.78, 5) is 24.8. The first-order valence-electron chi connectivity index (χ1n) is 8.83. The van der Waals surface area contributed by atoms with Gasteiger partial charge in [-0.3, -0.25) is 9.59 Å². The highest BCUT2D eigenvalue weighted by molar-refractivity contribution is 6.41. The molecule has 25 heavy (non-hydrogen) atoms. The van der Waals surface area contributed by atoms with Crippen molar-refractivity contribution in [2.45, 2.75) is 32.6 Å². The molecule has 0 unspecified atom stereocenters. The predicted octanol–water partition coefficient (Wildman–Crippen LogP) is 5.11. The minimum absolute atomic E-state index is 0.197. The highest BCUT2D eigenvalue weighted by Crippen LogP contribution is 2.28. The fraction of sp³-hybridized carbons (Fsp3) is 0.273. The van der Waals surface area contributed by atoms with E-state index in [1.165, 1.54) is 19.3 Å². The average Bonchev–Trinajstić information content (AvgIpc) is 2.88. The van der Waals surface area contributed by atoms with Crippen molar-refractivity contribution in [3.05, 3.63) is 70.8 Å². The maximum absolute atomic E-state index is 12.4. The number of fused-ring (bicyclic) bond motifs is 1. The van der Waals surface area contributed by atoms with Gasteiger partial charge in [0.25, 0.3) is 0 Å². The molecule has 0 spiro atoms. The molecule has 0 amide bonds. The van der Waals surface area contributed by atoms with Gasteiger partial charge in [-0.05, 0) is 30.2 Å². The number of ketones is 2. The highest BCUT2D eigenvalue weighted by atomic mass is 16.5. The molecular formula is C22H22O3. The molecule has 0 radical (unpaired) electrons. The van der Waals surface area contributed by atoms with Crippen LogP contribution >= 0.6 is 0 Å². The van der Waals surface area contributed by atoms with Gasteiger partial charge in [0.2, 0.25) is 0 Å². The fourth-order valence-electron chi connectivity index (χ4n) is 2.95. The van der Waals surface area contributed by atoms with E-state index in [0.717, 1.165) is 17.7 Å². The summed E-state index contributed by atoms with van der Waals surface area (Å²) in [5.41, 5.74) is 2.04. The van der Waals surface area contributed by atoms with Gasteiger partial charge in [-0.2, -0.15) is 0 Å². The van der Waals surface area contributed by atoms with Crippen LogP contribution in [-0.2, 0) is 0 Å². The van der Waals surface area contributed by atoms with E-state index < -0.39 is 0 Å². The van der Waals surface area contributed by atoms with Gasteiger partial charge >= 0.3 is 0 Å². The molecular weight excluding hydrogens is 312 g/mol. The van der Waals surface area contributed by atoms with Crippen molar-refractivity contribution >= 4 is 17.6 Å². The van der Waals surface area contributed by atoms with Crippen molar-refractivity contribution in [1.29, 1.82) is 0 Å². The van der Waals surface area contributed by atoms with Gasteiger partial charge < -0.3 is 4.74 Å². The van der Waals surface area contributed by atoms with Crippen molar-refractivity contribution in [3.8, 4) is 5.75 Å². The second-order valence-corrected chi connectivity index (χ2v) is 6.24. The Morgan fingerprint density at radius 3 is 2.08 bits per heavy atom. The van der Waals surface area contributed by atoms with Gasteiger partial charge in [-0.15, -0.1) is 0 Å². The van der Waals surface area contributed by atoms with Crippen LogP contribution in [0.3, 0.4) is 0 Å². The van der Waals surface area contributed by atoms with Crippen LogP contribution in [0, 0.1) is 0 Å². The summed E-state index contributed by atoms with van der Waals surface area (Å²) < 4.78 is 5.72. The number of rotatable bonds is 7. The second kappa shape index (κ2) is 7.93. The maximum Gasteiger partial charge on any atom is 0.197 e. The van der Waals surface area contributed by atoms with Gasteiger partial charge in [-0.25, -0.2) is 0 Å². The molecule has 0 saturated carbocycles. The lowest BCUT2D eigenvalue weighted by atomic mass is 10.1. The number of carbonyl (C=O) groups excluding carboxylic acids is 2. The Hall–Kier alpha value is -2.68. The number of hydrogen-bond donors (Lipinski definition) is 0. The van der Waals surface area contributed by atoms with E-state index in [4.69, 9.17) is 4.74 Å². The Balaban J connectivity index is 1.67. The zero-order valence-corrected chi connectivity index (χ0v) is 14.5. The van der Waals surface area contributed by atoms with E-state index in [1.54, 1.807) is 30.3 Å². The second-order valence-electron chi connectivity index (χ2n) is 6.24. The quantitative estimate of drug-likeness (QED) is 0.401. The van der Waals surface area contributed by atoms with Crippen molar-refractivity contribution < 1.29 is 14.3 Å². The number of hydrogen-bond acceptors (Lipinski definition) is 3. The van der Waals surface area contributed by atoms with Crippen LogP contribution in [-0.4, -0.2) is 18.2 Å². The largest absolute Gasteiger partial charge is 0.494 e. The molecule has 0 bridgehead atoms. The van der Waals surface area contributed by atoms with Crippen LogP contribution in [0.15, 0.2) is 54.1 Å². The summed E-state index contributed by atoms with van der Waals surface area (Å²) in [6, 6.07) is 14.5. The van der Waals surface area contributed by atoms with E-state index in [9.17, 15) is 9.59 Å². The Morgan fingerprint density at radius 1 is 0.840 bits per heavy atom. The lowest BCUT2D eigenvalue weighted by Crippen LogP contribution is -2.00. The van der Waals surface area contributed by atoms with Crippen LogP contribution in [0.5, 0.6) is 5.75 Å². The van der Waals surface area contributed by atoms with Crippen LogP contribution in [0.1, 0.15) is 58.9 Å². The lowest BCUT2D eigenvalue weighted by molar-refractivity contribution is 0.0990. The number of allylic oxidation sites excluding steroid dienone is 1. The van der Waals surface area contributed by atoms with Crippen molar-refractivity contribution in [1.82, 2.24) is 0 Å². The van der Waals surface area contributed by atoms with E-state index >= 15 is 0 Å². The normalized spacial score (nSPS) is 13.1. The number of unbranched alkanes of at least 4 members (excludes halogenated alkanes) is 3. The molecule has 1 aliphatic carbocycles. The lowest BCUT2D eigenvalue weighted by Gasteiger charge is -2.06. The number of carbonyl (C=O) groups is 2. The molecule has 3 nitrogen and oxygen atoms in total. The van der Waals surface area contributed by atoms with E-state index in [0.29, 0.717) is 17.7 Å².